The van der Waals surface area contributed by atoms with Gasteiger partial charge in [-0.05, 0) is 31.4 Å². The fourth-order valence-electron chi connectivity index (χ4n) is 2.41. The van der Waals surface area contributed by atoms with Crippen LogP contribution in [0.2, 0.25) is 0 Å². The maximum Gasteiger partial charge on any atom is 0.149 e. The number of pyridine rings is 1. The molecule has 86 valence electrons. The second-order valence-corrected chi connectivity index (χ2v) is 4.80. The molecule has 0 aromatic carbocycles. The Bertz CT molecular complexity index is 375. The van der Waals surface area contributed by atoms with Crippen molar-refractivity contribution in [3.63, 3.8) is 0 Å². The number of rotatable bonds is 3. The van der Waals surface area contributed by atoms with E-state index in [1.54, 1.807) is 6.20 Å². The average Bonchev–Trinajstić information content (AvgIpc) is 3.03. The highest BCUT2D eigenvalue weighted by atomic mass is 15.2. The fraction of sp³-hybridized carbons (Fsp3) is 0.583. The van der Waals surface area contributed by atoms with Gasteiger partial charge in [0, 0.05) is 31.4 Å². The van der Waals surface area contributed by atoms with Crippen LogP contribution in [0.1, 0.15) is 19.3 Å². The van der Waals surface area contributed by atoms with Gasteiger partial charge in [-0.15, -0.1) is 0 Å². The Morgan fingerprint density at radius 1 is 1.38 bits per heavy atom. The summed E-state index contributed by atoms with van der Waals surface area (Å²) in [6.07, 6.45) is 5.76. The minimum atomic E-state index is 0.512. The van der Waals surface area contributed by atoms with Crippen molar-refractivity contribution in [1.29, 1.82) is 0 Å². The monoisotopic (exact) mass is 218 g/mol. The molecular weight excluding hydrogens is 200 g/mol. The molecule has 1 saturated heterocycles. The number of hydrogen-bond donors (Lipinski definition) is 2. The molecule has 0 spiro atoms. The molecule has 1 atom stereocenters. The van der Waals surface area contributed by atoms with E-state index in [0.717, 1.165) is 24.1 Å². The Morgan fingerprint density at radius 2 is 2.25 bits per heavy atom. The van der Waals surface area contributed by atoms with Crippen LogP contribution >= 0.6 is 0 Å². The van der Waals surface area contributed by atoms with Crippen LogP contribution in [0.25, 0.3) is 0 Å². The first kappa shape index (κ1) is 9.90. The van der Waals surface area contributed by atoms with Crippen LogP contribution in [0.5, 0.6) is 0 Å². The molecule has 3 N–H and O–H groups in total. The van der Waals surface area contributed by atoms with Gasteiger partial charge in [0.1, 0.15) is 5.82 Å². The van der Waals surface area contributed by atoms with Gasteiger partial charge in [0.05, 0.1) is 5.69 Å². The molecule has 3 rings (SSSR count). The molecule has 0 amide bonds. The van der Waals surface area contributed by atoms with Gasteiger partial charge >= 0.3 is 0 Å². The van der Waals surface area contributed by atoms with E-state index in [1.807, 2.05) is 12.1 Å². The zero-order chi connectivity index (χ0) is 11.0. The Labute approximate surface area is 95.8 Å². The van der Waals surface area contributed by atoms with Crippen molar-refractivity contribution in [3.05, 3.63) is 18.3 Å². The number of likely N-dealkylation sites (tertiary alicyclic amines) is 1. The molecule has 4 nitrogen and oxygen atoms in total. The quantitative estimate of drug-likeness (QED) is 0.803. The van der Waals surface area contributed by atoms with Crippen LogP contribution in [0, 0.1) is 0 Å². The van der Waals surface area contributed by atoms with Gasteiger partial charge in [-0.3, -0.25) is 4.90 Å². The van der Waals surface area contributed by atoms with Gasteiger partial charge in [-0.25, -0.2) is 4.98 Å². The molecule has 1 aromatic heterocycles. The van der Waals surface area contributed by atoms with E-state index < -0.39 is 0 Å². The van der Waals surface area contributed by atoms with Crippen LogP contribution in [-0.2, 0) is 0 Å². The highest BCUT2D eigenvalue weighted by molar-refractivity contribution is 5.60. The summed E-state index contributed by atoms with van der Waals surface area (Å²) in [5.74, 6) is 0.838. The van der Waals surface area contributed by atoms with Gasteiger partial charge in [-0.1, -0.05) is 0 Å². The summed E-state index contributed by atoms with van der Waals surface area (Å²) >= 11 is 0. The van der Waals surface area contributed by atoms with Gasteiger partial charge in [0.25, 0.3) is 0 Å². The zero-order valence-electron chi connectivity index (χ0n) is 9.39. The number of nitrogens with two attached hydrogens (primary N) is 1. The maximum atomic E-state index is 5.87. The highest BCUT2D eigenvalue weighted by Crippen LogP contribution is 2.30. The number of nitrogens with zero attached hydrogens (tertiary/aromatic N) is 2. The summed E-state index contributed by atoms with van der Waals surface area (Å²) in [6, 6.07) is 5.14. The predicted molar refractivity (Wildman–Crippen MR) is 65.3 cm³/mol. The van der Waals surface area contributed by atoms with Crippen LogP contribution < -0.4 is 11.1 Å². The van der Waals surface area contributed by atoms with Crippen molar-refractivity contribution in [2.45, 2.75) is 31.3 Å². The maximum absolute atomic E-state index is 5.87. The van der Waals surface area contributed by atoms with E-state index in [-0.39, 0.29) is 0 Å². The fourth-order valence-corrected chi connectivity index (χ4v) is 2.41. The summed E-state index contributed by atoms with van der Waals surface area (Å²) in [5, 5.41) is 3.44. The molecule has 2 heterocycles. The molecule has 1 aliphatic heterocycles. The van der Waals surface area contributed by atoms with Gasteiger partial charge in [0.15, 0.2) is 0 Å². The largest absolute Gasteiger partial charge is 0.396 e. The SMILES string of the molecule is Nc1cccnc1NC1CCN(C2CC2)C1. The lowest BCUT2D eigenvalue weighted by Gasteiger charge is -2.16. The second kappa shape index (κ2) is 3.94. The van der Waals surface area contributed by atoms with Crippen molar-refractivity contribution in [3.8, 4) is 0 Å². The third kappa shape index (κ3) is 1.97. The molecule has 1 aromatic rings. The first-order chi connectivity index (χ1) is 7.83. The number of aromatic nitrogens is 1. The van der Waals surface area contributed by atoms with E-state index in [0.29, 0.717) is 6.04 Å². The Balaban J connectivity index is 1.61. The number of nitrogen functional groups attached to an aromatic ring is 1. The third-order valence-corrected chi connectivity index (χ3v) is 3.46. The average molecular weight is 218 g/mol. The van der Waals surface area contributed by atoms with Crippen molar-refractivity contribution >= 4 is 11.5 Å². The van der Waals surface area contributed by atoms with E-state index in [4.69, 9.17) is 5.73 Å². The minimum Gasteiger partial charge on any atom is -0.396 e. The number of anilines is 2. The van der Waals surface area contributed by atoms with E-state index >= 15 is 0 Å². The van der Waals surface area contributed by atoms with Crippen molar-refractivity contribution in [1.82, 2.24) is 9.88 Å². The van der Waals surface area contributed by atoms with Crippen molar-refractivity contribution in [2.75, 3.05) is 24.1 Å². The van der Waals surface area contributed by atoms with E-state index in [1.165, 1.54) is 25.8 Å². The summed E-state index contributed by atoms with van der Waals surface area (Å²) in [5.41, 5.74) is 6.61. The normalized spacial score (nSPS) is 25.9. The molecule has 2 fully saturated rings. The van der Waals surface area contributed by atoms with Crippen molar-refractivity contribution < 1.29 is 0 Å². The van der Waals surface area contributed by atoms with Gasteiger partial charge in [-0.2, -0.15) is 0 Å². The lowest BCUT2D eigenvalue weighted by molar-refractivity contribution is 0.326. The molecule has 16 heavy (non-hydrogen) atoms. The predicted octanol–water partition coefficient (Wildman–Crippen LogP) is 1.31. The third-order valence-electron chi connectivity index (χ3n) is 3.46. The number of hydrogen-bond acceptors (Lipinski definition) is 4. The Hall–Kier alpha value is -1.29. The van der Waals surface area contributed by atoms with Gasteiger partial charge in [0.2, 0.25) is 0 Å². The topological polar surface area (TPSA) is 54.2 Å². The van der Waals surface area contributed by atoms with Crippen LogP contribution in [0.15, 0.2) is 18.3 Å². The lowest BCUT2D eigenvalue weighted by Crippen LogP contribution is -2.28. The molecule has 1 unspecified atom stereocenters. The zero-order valence-corrected chi connectivity index (χ0v) is 9.39. The first-order valence-corrected chi connectivity index (χ1v) is 6.04. The summed E-state index contributed by atoms with van der Waals surface area (Å²) in [7, 11) is 0. The van der Waals surface area contributed by atoms with E-state index in [2.05, 4.69) is 15.2 Å². The van der Waals surface area contributed by atoms with Crippen LogP contribution in [0.4, 0.5) is 11.5 Å². The molecule has 2 aliphatic rings. The summed E-state index contributed by atoms with van der Waals surface area (Å²) in [6.45, 7) is 2.36. The van der Waals surface area contributed by atoms with Gasteiger partial charge < -0.3 is 11.1 Å². The molecule has 4 heteroatoms. The van der Waals surface area contributed by atoms with Crippen LogP contribution in [-0.4, -0.2) is 35.1 Å². The summed E-state index contributed by atoms with van der Waals surface area (Å²) in [4.78, 5) is 6.85. The minimum absolute atomic E-state index is 0.512. The Kier molecular flexibility index (Phi) is 2.44. The molecule has 1 aliphatic carbocycles. The first-order valence-electron chi connectivity index (χ1n) is 6.04. The second-order valence-electron chi connectivity index (χ2n) is 4.80. The van der Waals surface area contributed by atoms with Crippen LogP contribution in [0.3, 0.4) is 0 Å². The highest BCUT2D eigenvalue weighted by Gasteiger charge is 2.34. The summed E-state index contributed by atoms with van der Waals surface area (Å²) < 4.78 is 0. The molecule has 0 bridgehead atoms. The molecular formula is C12H18N4. The molecule has 0 radical (unpaired) electrons. The smallest absolute Gasteiger partial charge is 0.149 e. The Morgan fingerprint density at radius 3 is 3.00 bits per heavy atom. The standard InChI is InChI=1S/C12H18N4/c13-11-2-1-6-14-12(11)15-9-5-7-16(8-9)10-3-4-10/h1-2,6,9-10H,3-5,7-8,13H2,(H,14,15). The van der Waals surface area contributed by atoms with E-state index in [9.17, 15) is 0 Å². The number of nitrogens with one attached hydrogen (secondary N) is 1. The van der Waals surface area contributed by atoms with Crippen molar-refractivity contribution in [2.24, 2.45) is 0 Å². The molecule has 1 saturated carbocycles. The lowest BCUT2D eigenvalue weighted by atomic mass is 10.2.